The van der Waals surface area contributed by atoms with Gasteiger partial charge in [0, 0.05) is 6.54 Å². The van der Waals surface area contributed by atoms with Crippen LogP contribution in [0.25, 0.3) is 0 Å². The Morgan fingerprint density at radius 2 is 2.17 bits per heavy atom. The van der Waals surface area contributed by atoms with Crippen molar-refractivity contribution < 1.29 is 8.42 Å². The van der Waals surface area contributed by atoms with E-state index in [0.29, 0.717) is 0 Å². The summed E-state index contributed by atoms with van der Waals surface area (Å²) in [5.41, 5.74) is 2.17. The minimum atomic E-state index is -3.16. The quantitative estimate of drug-likeness (QED) is 0.242. The Hall–Kier alpha value is -0.440. The number of sulfonamides is 1. The van der Waals surface area contributed by atoms with E-state index >= 15 is 0 Å². The van der Waals surface area contributed by atoms with Gasteiger partial charge in [0.05, 0.1) is 5.75 Å². The third-order valence-electron chi connectivity index (χ3n) is 1.10. The molecule has 6 nitrogen and oxygen atoms in total. The SMILES string of the molecule is CNS(=O)(=O)CCNC(=S)NN. The third kappa shape index (κ3) is 5.24. The maximum atomic E-state index is 10.8. The van der Waals surface area contributed by atoms with Crippen LogP contribution in [-0.4, -0.2) is 32.9 Å². The minimum absolute atomic E-state index is 0.0364. The zero-order valence-electron chi connectivity index (χ0n) is 6.62. The smallest absolute Gasteiger partial charge is 0.213 e. The van der Waals surface area contributed by atoms with Gasteiger partial charge in [0.1, 0.15) is 0 Å². The summed E-state index contributed by atoms with van der Waals surface area (Å²) in [5, 5.41) is 2.82. The highest BCUT2D eigenvalue weighted by atomic mass is 32.2. The van der Waals surface area contributed by atoms with E-state index in [2.05, 4.69) is 27.7 Å². The molecule has 0 aromatic carbocycles. The average molecular weight is 212 g/mol. The van der Waals surface area contributed by atoms with Crippen molar-refractivity contribution in [2.75, 3.05) is 19.3 Å². The van der Waals surface area contributed by atoms with Crippen LogP contribution < -0.4 is 21.3 Å². The van der Waals surface area contributed by atoms with E-state index in [0.717, 1.165) is 0 Å². The van der Waals surface area contributed by atoms with Crippen LogP contribution in [0, 0.1) is 0 Å². The fourth-order valence-electron chi connectivity index (χ4n) is 0.452. The van der Waals surface area contributed by atoms with Gasteiger partial charge in [-0.2, -0.15) is 0 Å². The van der Waals surface area contributed by atoms with Gasteiger partial charge in [-0.25, -0.2) is 19.0 Å². The van der Waals surface area contributed by atoms with Crippen molar-refractivity contribution in [3.05, 3.63) is 0 Å². The summed E-state index contributed by atoms with van der Waals surface area (Å²) in [6.07, 6.45) is 0. The summed E-state index contributed by atoms with van der Waals surface area (Å²) in [4.78, 5) is 0. The second kappa shape index (κ2) is 5.25. The van der Waals surface area contributed by atoms with Crippen LogP contribution in [0.15, 0.2) is 0 Å². The van der Waals surface area contributed by atoms with Crippen molar-refractivity contribution >= 4 is 27.4 Å². The Labute approximate surface area is 76.9 Å². The lowest BCUT2D eigenvalue weighted by molar-refractivity contribution is 0.587. The lowest BCUT2D eigenvalue weighted by atomic mass is 10.7. The summed E-state index contributed by atoms with van der Waals surface area (Å²) in [5.74, 6) is 4.90. The summed E-state index contributed by atoms with van der Waals surface area (Å²) >= 11 is 4.62. The first-order valence-corrected chi connectivity index (χ1v) is 5.23. The van der Waals surface area contributed by atoms with Gasteiger partial charge in [0.25, 0.3) is 0 Å². The van der Waals surface area contributed by atoms with Crippen LogP contribution in [0.5, 0.6) is 0 Å². The molecule has 0 amide bonds. The lowest BCUT2D eigenvalue weighted by Gasteiger charge is -2.06. The number of thiocarbonyl (C=S) groups is 1. The van der Waals surface area contributed by atoms with Gasteiger partial charge >= 0.3 is 0 Å². The molecule has 0 saturated carbocycles. The maximum absolute atomic E-state index is 10.8. The molecule has 0 rings (SSSR count). The molecule has 0 bridgehead atoms. The second-order valence-corrected chi connectivity index (χ2v) is 4.38. The van der Waals surface area contributed by atoms with E-state index in [-0.39, 0.29) is 17.4 Å². The van der Waals surface area contributed by atoms with Gasteiger partial charge in [-0.05, 0) is 19.3 Å². The first-order valence-electron chi connectivity index (χ1n) is 3.17. The normalized spacial score (nSPS) is 10.8. The fraction of sp³-hybridized carbons (Fsp3) is 0.750. The van der Waals surface area contributed by atoms with Crippen LogP contribution in [0.2, 0.25) is 0 Å². The molecule has 0 aromatic heterocycles. The zero-order chi connectivity index (χ0) is 9.61. The van der Waals surface area contributed by atoms with Crippen molar-refractivity contribution in [3.63, 3.8) is 0 Å². The Morgan fingerprint density at radius 1 is 1.58 bits per heavy atom. The van der Waals surface area contributed by atoms with E-state index in [1.807, 2.05) is 0 Å². The average Bonchev–Trinajstić information content (AvgIpc) is 2.04. The number of hydrogen-bond acceptors (Lipinski definition) is 4. The molecule has 0 saturated heterocycles. The van der Waals surface area contributed by atoms with Crippen molar-refractivity contribution in [1.82, 2.24) is 15.5 Å². The molecule has 5 N–H and O–H groups in total. The Morgan fingerprint density at radius 3 is 2.58 bits per heavy atom. The number of hydrogen-bond donors (Lipinski definition) is 4. The van der Waals surface area contributed by atoms with E-state index in [4.69, 9.17) is 5.84 Å². The van der Waals surface area contributed by atoms with E-state index in [9.17, 15) is 8.42 Å². The molecule has 0 aromatic rings. The van der Waals surface area contributed by atoms with Crippen molar-refractivity contribution in [1.29, 1.82) is 0 Å². The Bertz CT molecular complexity index is 237. The van der Waals surface area contributed by atoms with Gasteiger partial charge in [-0.3, -0.25) is 0 Å². The summed E-state index contributed by atoms with van der Waals surface area (Å²) in [6.45, 7) is 0.228. The zero-order valence-corrected chi connectivity index (χ0v) is 8.26. The van der Waals surface area contributed by atoms with Crippen LogP contribution in [0.4, 0.5) is 0 Å². The fourth-order valence-corrected chi connectivity index (χ4v) is 1.13. The number of nitrogens with two attached hydrogens (primary N) is 1. The highest BCUT2D eigenvalue weighted by molar-refractivity contribution is 7.89. The summed E-state index contributed by atoms with van der Waals surface area (Å²) in [7, 11) is -1.81. The first-order chi connectivity index (χ1) is 5.52. The number of hydrazine groups is 1. The van der Waals surface area contributed by atoms with Crippen molar-refractivity contribution in [2.24, 2.45) is 5.84 Å². The molecule has 0 atom stereocenters. The van der Waals surface area contributed by atoms with E-state index < -0.39 is 10.0 Å². The monoisotopic (exact) mass is 212 g/mol. The minimum Gasteiger partial charge on any atom is -0.361 e. The molecule has 0 fully saturated rings. The third-order valence-corrected chi connectivity index (χ3v) is 2.72. The Balaban J connectivity index is 3.64. The molecular weight excluding hydrogens is 200 g/mol. The molecule has 12 heavy (non-hydrogen) atoms. The predicted octanol–water partition coefficient (Wildman–Crippen LogP) is -2.13. The van der Waals surface area contributed by atoms with Gasteiger partial charge in [0.2, 0.25) is 10.0 Å². The van der Waals surface area contributed by atoms with Gasteiger partial charge in [-0.15, -0.1) is 0 Å². The molecule has 0 aliphatic carbocycles. The van der Waals surface area contributed by atoms with Crippen molar-refractivity contribution in [2.45, 2.75) is 0 Å². The Kier molecular flexibility index (Phi) is 5.06. The lowest BCUT2D eigenvalue weighted by Crippen LogP contribution is -2.42. The molecule has 0 aliphatic heterocycles. The topological polar surface area (TPSA) is 96.2 Å². The highest BCUT2D eigenvalue weighted by Crippen LogP contribution is 1.78. The standard InChI is InChI=1S/C4H12N4O2S2/c1-6-12(9,10)3-2-7-4(11)8-5/h6H,2-3,5H2,1H3,(H2,7,8,11). The predicted molar refractivity (Wildman–Crippen MR) is 50.8 cm³/mol. The molecule has 0 unspecified atom stereocenters. The van der Waals surface area contributed by atoms with E-state index in [1.54, 1.807) is 0 Å². The van der Waals surface area contributed by atoms with Gasteiger partial charge in [0.15, 0.2) is 5.11 Å². The summed E-state index contributed by atoms with van der Waals surface area (Å²) < 4.78 is 23.8. The van der Waals surface area contributed by atoms with Gasteiger partial charge in [-0.1, -0.05) is 0 Å². The molecule has 0 aliphatic rings. The largest absolute Gasteiger partial charge is 0.361 e. The van der Waals surface area contributed by atoms with Crippen LogP contribution in [-0.2, 0) is 10.0 Å². The van der Waals surface area contributed by atoms with E-state index in [1.165, 1.54) is 7.05 Å². The number of rotatable bonds is 4. The van der Waals surface area contributed by atoms with Crippen LogP contribution >= 0.6 is 12.2 Å². The highest BCUT2D eigenvalue weighted by Gasteiger charge is 2.05. The molecular formula is C4H12N4O2S2. The van der Waals surface area contributed by atoms with Crippen molar-refractivity contribution in [3.8, 4) is 0 Å². The van der Waals surface area contributed by atoms with Crippen LogP contribution in [0.3, 0.4) is 0 Å². The molecule has 72 valence electrons. The second-order valence-electron chi connectivity index (χ2n) is 1.92. The molecule has 0 heterocycles. The molecule has 0 radical (unpaired) electrons. The maximum Gasteiger partial charge on any atom is 0.213 e. The van der Waals surface area contributed by atoms with Crippen LogP contribution in [0.1, 0.15) is 0 Å². The number of nitrogens with one attached hydrogen (secondary N) is 3. The van der Waals surface area contributed by atoms with Gasteiger partial charge < -0.3 is 10.7 Å². The summed E-state index contributed by atoms with van der Waals surface area (Å²) in [6, 6.07) is 0. The first kappa shape index (κ1) is 11.6. The molecule has 8 heteroatoms. The molecule has 0 spiro atoms.